The molecule has 0 aliphatic heterocycles. The maximum atomic E-state index is 6.12. The quantitative estimate of drug-likeness (QED) is 0.828. The van der Waals surface area contributed by atoms with E-state index in [-0.39, 0.29) is 0 Å². The van der Waals surface area contributed by atoms with Gasteiger partial charge in [-0.3, -0.25) is 0 Å². The van der Waals surface area contributed by atoms with Gasteiger partial charge in [0.05, 0.1) is 0 Å². The fourth-order valence-corrected chi connectivity index (χ4v) is 1.67. The van der Waals surface area contributed by atoms with E-state index in [4.69, 9.17) is 17.3 Å². The second-order valence-electron chi connectivity index (χ2n) is 3.62. The van der Waals surface area contributed by atoms with Crippen LogP contribution >= 0.6 is 11.6 Å². The minimum atomic E-state index is 0.681. The molecular formula is C11H17ClN2. The number of likely N-dealkylation sites (N-methyl/N-ethyl adjacent to an activating group) is 1. The molecule has 1 aromatic carbocycles. The first-order valence-corrected chi connectivity index (χ1v) is 5.15. The molecule has 0 amide bonds. The molecular weight excluding hydrogens is 196 g/mol. The first kappa shape index (κ1) is 11.5. The number of halogens is 1. The second kappa shape index (κ2) is 5.35. The highest BCUT2D eigenvalue weighted by Gasteiger charge is 2.03. The lowest BCUT2D eigenvalue weighted by Gasteiger charge is -2.16. The van der Waals surface area contributed by atoms with Gasteiger partial charge in [0, 0.05) is 24.7 Å². The summed E-state index contributed by atoms with van der Waals surface area (Å²) in [6.45, 7) is 4.47. The normalized spacial score (nSPS) is 10.9. The highest BCUT2D eigenvalue weighted by atomic mass is 35.5. The van der Waals surface area contributed by atoms with Gasteiger partial charge in [0.15, 0.2) is 0 Å². The predicted molar refractivity (Wildman–Crippen MR) is 61.6 cm³/mol. The summed E-state index contributed by atoms with van der Waals surface area (Å²) in [7, 11) is 2.04. The molecule has 1 rings (SSSR count). The molecule has 0 aliphatic rings. The van der Waals surface area contributed by atoms with Crippen molar-refractivity contribution in [2.75, 3.05) is 20.1 Å². The molecule has 0 radical (unpaired) electrons. The predicted octanol–water partition coefficient (Wildman–Crippen LogP) is 2.04. The van der Waals surface area contributed by atoms with Gasteiger partial charge in [-0.15, -0.1) is 0 Å². The van der Waals surface area contributed by atoms with E-state index in [9.17, 15) is 0 Å². The van der Waals surface area contributed by atoms with Crippen LogP contribution in [0.1, 0.15) is 11.1 Å². The van der Waals surface area contributed by atoms with Crippen molar-refractivity contribution >= 4 is 11.6 Å². The Labute approximate surface area is 90.7 Å². The fourth-order valence-electron chi connectivity index (χ4n) is 1.37. The molecule has 14 heavy (non-hydrogen) atoms. The third-order valence-electron chi connectivity index (χ3n) is 2.16. The van der Waals surface area contributed by atoms with Crippen LogP contribution < -0.4 is 5.73 Å². The summed E-state index contributed by atoms with van der Waals surface area (Å²) in [4.78, 5) is 2.16. The van der Waals surface area contributed by atoms with E-state index in [1.807, 2.05) is 20.0 Å². The number of nitrogens with zero attached hydrogens (tertiary/aromatic N) is 1. The Bertz CT molecular complexity index is 299. The molecule has 0 unspecified atom stereocenters. The SMILES string of the molecule is Cc1ccc(CN(C)CCN)c(Cl)c1. The fraction of sp³-hybridized carbons (Fsp3) is 0.455. The summed E-state index contributed by atoms with van der Waals surface area (Å²) in [6, 6.07) is 6.15. The van der Waals surface area contributed by atoms with Crippen molar-refractivity contribution in [3.63, 3.8) is 0 Å². The maximum absolute atomic E-state index is 6.12. The van der Waals surface area contributed by atoms with E-state index < -0.39 is 0 Å². The molecule has 0 atom stereocenters. The number of aryl methyl sites for hydroxylation is 1. The van der Waals surface area contributed by atoms with Gasteiger partial charge < -0.3 is 10.6 Å². The van der Waals surface area contributed by atoms with Gasteiger partial charge in [-0.05, 0) is 31.2 Å². The highest BCUT2D eigenvalue weighted by Crippen LogP contribution is 2.18. The Morgan fingerprint density at radius 2 is 2.14 bits per heavy atom. The summed E-state index contributed by atoms with van der Waals surface area (Å²) >= 11 is 6.12. The molecule has 0 aromatic heterocycles. The van der Waals surface area contributed by atoms with Crippen molar-refractivity contribution < 1.29 is 0 Å². The highest BCUT2D eigenvalue weighted by molar-refractivity contribution is 6.31. The van der Waals surface area contributed by atoms with Crippen molar-refractivity contribution in [2.45, 2.75) is 13.5 Å². The monoisotopic (exact) mass is 212 g/mol. The Morgan fingerprint density at radius 3 is 2.71 bits per heavy atom. The molecule has 0 saturated heterocycles. The van der Waals surface area contributed by atoms with Crippen LogP contribution in [0.3, 0.4) is 0 Å². The Hall–Kier alpha value is -0.570. The van der Waals surface area contributed by atoms with Crippen molar-refractivity contribution in [3.8, 4) is 0 Å². The zero-order valence-electron chi connectivity index (χ0n) is 8.76. The van der Waals surface area contributed by atoms with E-state index in [2.05, 4.69) is 17.0 Å². The van der Waals surface area contributed by atoms with Crippen LogP contribution in [-0.2, 0) is 6.54 Å². The topological polar surface area (TPSA) is 29.3 Å². The minimum absolute atomic E-state index is 0.681. The molecule has 2 N–H and O–H groups in total. The molecule has 2 nitrogen and oxygen atoms in total. The summed E-state index contributed by atoms with van der Waals surface area (Å²) in [5, 5.41) is 0.842. The molecule has 3 heteroatoms. The minimum Gasteiger partial charge on any atom is -0.329 e. The smallest absolute Gasteiger partial charge is 0.0453 e. The second-order valence-corrected chi connectivity index (χ2v) is 4.03. The van der Waals surface area contributed by atoms with Crippen molar-refractivity contribution in [3.05, 3.63) is 34.3 Å². The lowest BCUT2D eigenvalue weighted by atomic mass is 10.1. The Kier molecular flexibility index (Phi) is 4.39. The number of hydrogen-bond acceptors (Lipinski definition) is 2. The third-order valence-corrected chi connectivity index (χ3v) is 2.51. The van der Waals surface area contributed by atoms with Crippen LogP contribution in [-0.4, -0.2) is 25.0 Å². The van der Waals surface area contributed by atoms with Gasteiger partial charge in [-0.25, -0.2) is 0 Å². The van der Waals surface area contributed by atoms with Crippen molar-refractivity contribution in [1.82, 2.24) is 4.90 Å². The maximum Gasteiger partial charge on any atom is 0.0453 e. The lowest BCUT2D eigenvalue weighted by molar-refractivity contribution is 0.336. The Balaban J connectivity index is 2.67. The molecule has 0 heterocycles. The van der Waals surface area contributed by atoms with Gasteiger partial charge in [0.25, 0.3) is 0 Å². The van der Waals surface area contributed by atoms with E-state index in [1.165, 1.54) is 5.56 Å². The van der Waals surface area contributed by atoms with Gasteiger partial charge in [0.1, 0.15) is 0 Å². The van der Waals surface area contributed by atoms with E-state index in [0.717, 1.165) is 23.7 Å². The first-order valence-electron chi connectivity index (χ1n) is 4.77. The van der Waals surface area contributed by atoms with Crippen LogP contribution in [0.5, 0.6) is 0 Å². The third kappa shape index (κ3) is 3.29. The molecule has 1 aromatic rings. The number of benzene rings is 1. The summed E-state index contributed by atoms with van der Waals surface area (Å²) in [6.07, 6.45) is 0. The van der Waals surface area contributed by atoms with Crippen LogP contribution in [0.25, 0.3) is 0 Å². The summed E-state index contributed by atoms with van der Waals surface area (Å²) in [5.41, 5.74) is 7.83. The van der Waals surface area contributed by atoms with Crippen LogP contribution in [0, 0.1) is 6.92 Å². The summed E-state index contributed by atoms with van der Waals surface area (Å²) in [5.74, 6) is 0. The van der Waals surface area contributed by atoms with E-state index >= 15 is 0 Å². The van der Waals surface area contributed by atoms with Crippen LogP contribution in [0.15, 0.2) is 18.2 Å². The average Bonchev–Trinajstić information content (AvgIpc) is 2.10. The van der Waals surface area contributed by atoms with Gasteiger partial charge in [-0.2, -0.15) is 0 Å². The molecule has 0 bridgehead atoms. The van der Waals surface area contributed by atoms with Gasteiger partial charge >= 0.3 is 0 Å². The first-order chi connectivity index (χ1) is 6.63. The van der Waals surface area contributed by atoms with E-state index in [0.29, 0.717) is 6.54 Å². The zero-order valence-corrected chi connectivity index (χ0v) is 9.51. The van der Waals surface area contributed by atoms with Gasteiger partial charge in [0.2, 0.25) is 0 Å². The van der Waals surface area contributed by atoms with Crippen molar-refractivity contribution in [2.24, 2.45) is 5.73 Å². The zero-order chi connectivity index (χ0) is 10.6. The molecule has 0 spiro atoms. The standard InChI is InChI=1S/C11H17ClN2/c1-9-3-4-10(11(12)7-9)8-14(2)6-5-13/h3-4,7H,5-6,8,13H2,1-2H3. The number of rotatable bonds is 4. The van der Waals surface area contributed by atoms with Crippen molar-refractivity contribution in [1.29, 1.82) is 0 Å². The molecule has 0 saturated carbocycles. The largest absolute Gasteiger partial charge is 0.329 e. The summed E-state index contributed by atoms with van der Waals surface area (Å²) < 4.78 is 0. The average molecular weight is 213 g/mol. The molecule has 0 aliphatic carbocycles. The Morgan fingerprint density at radius 1 is 1.43 bits per heavy atom. The number of hydrogen-bond donors (Lipinski definition) is 1. The van der Waals surface area contributed by atoms with Crippen LogP contribution in [0.4, 0.5) is 0 Å². The molecule has 0 fully saturated rings. The van der Waals surface area contributed by atoms with Gasteiger partial charge in [-0.1, -0.05) is 23.7 Å². The lowest BCUT2D eigenvalue weighted by Crippen LogP contribution is -2.25. The molecule has 78 valence electrons. The van der Waals surface area contributed by atoms with Crippen LogP contribution in [0.2, 0.25) is 5.02 Å². The van der Waals surface area contributed by atoms with E-state index in [1.54, 1.807) is 0 Å². The number of nitrogens with two attached hydrogens (primary N) is 1.